The van der Waals surface area contributed by atoms with Crippen LogP contribution in [0.1, 0.15) is 13.3 Å². The molecule has 2 atom stereocenters. The molecule has 9 heteroatoms. The topological polar surface area (TPSA) is 104 Å². The minimum atomic E-state index is -3.09. The first-order chi connectivity index (χ1) is 10.8. The Morgan fingerprint density at radius 2 is 2.00 bits per heavy atom. The number of urea groups is 1. The zero-order valence-electron chi connectivity index (χ0n) is 12.5. The van der Waals surface area contributed by atoms with Gasteiger partial charge in [-0.05, 0) is 25.5 Å². The molecule has 1 heterocycles. The fourth-order valence-electron chi connectivity index (χ4n) is 2.20. The minimum Gasteiger partial charge on any atom is -0.334 e. The van der Waals surface area contributed by atoms with Crippen LogP contribution in [0.3, 0.4) is 0 Å². The van der Waals surface area contributed by atoms with E-state index in [0.29, 0.717) is 6.42 Å². The maximum absolute atomic E-state index is 13.4. The van der Waals surface area contributed by atoms with Crippen LogP contribution in [0.4, 0.5) is 14.9 Å². The molecule has 1 aromatic carbocycles. The van der Waals surface area contributed by atoms with Crippen molar-refractivity contribution >= 4 is 27.5 Å². The smallest absolute Gasteiger partial charge is 0.315 e. The summed E-state index contributed by atoms with van der Waals surface area (Å²) in [4.78, 5) is 23.7. The van der Waals surface area contributed by atoms with Crippen LogP contribution in [0.25, 0.3) is 0 Å². The van der Waals surface area contributed by atoms with Gasteiger partial charge in [0.1, 0.15) is 11.9 Å². The van der Waals surface area contributed by atoms with Crippen LogP contribution in [-0.2, 0) is 14.6 Å². The third-order valence-electron chi connectivity index (χ3n) is 3.44. The molecule has 1 aliphatic rings. The van der Waals surface area contributed by atoms with Crippen molar-refractivity contribution in [1.82, 2.24) is 10.6 Å². The van der Waals surface area contributed by atoms with Crippen LogP contribution in [0, 0.1) is 5.82 Å². The minimum absolute atomic E-state index is 0.0217. The van der Waals surface area contributed by atoms with Crippen LogP contribution >= 0.6 is 0 Å². The van der Waals surface area contributed by atoms with Crippen molar-refractivity contribution in [2.24, 2.45) is 0 Å². The number of nitrogens with one attached hydrogen (secondary N) is 3. The van der Waals surface area contributed by atoms with Gasteiger partial charge in [0, 0.05) is 6.04 Å². The highest BCUT2D eigenvalue weighted by molar-refractivity contribution is 7.91. The molecule has 1 saturated heterocycles. The summed E-state index contributed by atoms with van der Waals surface area (Å²) in [5.74, 6) is -1.21. The maximum Gasteiger partial charge on any atom is 0.315 e. The maximum atomic E-state index is 13.4. The van der Waals surface area contributed by atoms with Gasteiger partial charge in [0.05, 0.1) is 17.2 Å². The number of anilines is 1. The molecular formula is C14H18FN3O4S. The van der Waals surface area contributed by atoms with Crippen molar-refractivity contribution < 1.29 is 22.4 Å². The second-order valence-electron chi connectivity index (χ2n) is 5.41. The lowest BCUT2D eigenvalue weighted by Gasteiger charge is -2.17. The van der Waals surface area contributed by atoms with E-state index < -0.39 is 39.7 Å². The molecule has 0 aromatic heterocycles. The van der Waals surface area contributed by atoms with Crippen molar-refractivity contribution in [3.8, 4) is 0 Å². The highest BCUT2D eigenvalue weighted by atomic mass is 32.2. The Labute approximate surface area is 133 Å². The Hall–Kier alpha value is -2.16. The van der Waals surface area contributed by atoms with Gasteiger partial charge in [0.2, 0.25) is 5.91 Å². The van der Waals surface area contributed by atoms with Gasteiger partial charge in [-0.2, -0.15) is 0 Å². The van der Waals surface area contributed by atoms with Crippen molar-refractivity contribution in [2.75, 3.05) is 16.8 Å². The van der Waals surface area contributed by atoms with Crippen LogP contribution < -0.4 is 16.0 Å². The molecule has 2 rings (SSSR count). The zero-order valence-corrected chi connectivity index (χ0v) is 13.3. The molecule has 1 unspecified atom stereocenters. The van der Waals surface area contributed by atoms with E-state index in [9.17, 15) is 22.4 Å². The second-order valence-corrected chi connectivity index (χ2v) is 7.64. The van der Waals surface area contributed by atoms with Crippen LogP contribution in [-0.4, -0.2) is 43.9 Å². The highest BCUT2D eigenvalue weighted by Gasteiger charge is 2.29. The number of rotatable bonds is 4. The molecule has 0 aliphatic carbocycles. The molecule has 1 aromatic rings. The van der Waals surface area contributed by atoms with E-state index in [-0.39, 0.29) is 17.2 Å². The standard InChI is InChI=1S/C14H18FN3O4S/c1-9(13(19)18-12-5-3-2-4-11(12)15)16-14(20)17-10-6-7-23(21,22)8-10/h2-5,9-10H,6-8H2,1H3,(H,18,19)(H2,16,17,20)/t9-,10?/m0/s1. The Morgan fingerprint density at radius 3 is 2.61 bits per heavy atom. The summed E-state index contributed by atoms with van der Waals surface area (Å²) < 4.78 is 36.1. The largest absolute Gasteiger partial charge is 0.334 e. The SMILES string of the molecule is C[C@H](NC(=O)NC1CCS(=O)(=O)C1)C(=O)Nc1ccccc1F. The summed E-state index contributed by atoms with van der Waals surface area (Å²) in [7, 11) is -3.09. The normalized spacial score (nSPS) is 20.5. The lowest BCUT2D eigenvalue weighted by atomic mass is 10.2. The fourth-order valence-corrected chi connectivity index (χ4v) is 3.88. The van der Waals surface area contributed by atoms with Gasteiger partial charge >= 0.3 is 6.03 Å². The number of hydrogen-bond acceptors (Lipinski definition) is 4. The van der Waals surface area contributed by atoms with Gasteiger partial charge in [-0.25, -0.2) is 17.6 Å². The Kier molecular flexibility index (Phi) is 5.19. The van der Waals surface area contributed by atoms with E-state index in [1.165, 1.54) is 25.1 Å². The van der Waals surface area contributed by atoms with Crippen molar-refractivity contribution in [3.05, 3.63) is 30.1 Å². The Balaban J connectivity index is 1.84. The van der Waals surface area contributed by atoms with Gasteiger partial charge in [-0.1, -0.05) is 12.1 Å². The second kappa shape index (κ2) is 6.95. The van der Waals surface area contributed by atoms with Gasteiger partial charge in [-0.3, -0.25) is 4.79 Å². The predicted octanol–water partition coefficient (Wildman–Crippen LogP) is 0.639. The Morgan fingerprint density at radius 1 is 1.30 bits per heavy atom. The quantitative estimate of drug-likeness (QED) is 0.746. The lowest BCUT2D eigenvalue weighted by Crippen LogP contribution is -2.49. The first-order valence-electron chi connectivity index (χ1n) is 7.10. The Bertz CT molecular complexity index is 708. The lowest BCUT2D eigenvalue weighted by molar-refractivity contribution is -0.117. The molecule has 0 radical (unpaired) electrons. The number of hydrogen-bond donors (Lipinski definition) is 3. The summed E-state index contributed by atoms with van der Waals surface area (Å²) in [5.41, 5.74) is 0.0217. The molecule has 0 spiro atoms. The van der Waals surface area contributed by atoms with E-state index in [0.717, 1.165) is 0 Å². The van der Waals surface area contributed by atoms with E-state index in [2.05, 4.69) is 16.0 Å². The third kappa shape index (κ3) is 4.92. The molecule has 0 bridgehead atoms. The number of carbonyl (C=O) groups excluding carboxylic acids is 2. The van der Waals surface area contributed by atoms with Crippen LogP contribution in [0.2, 0.25) is 0 Å². The number of amides is 3. The number of para-hydroxylation sites is 1. The van der Waals surface area contributed by atoms with E-state index >= 15 is 0 Å². The summed E-state index contributed by atoms with van der Waals surface area (Å²) >= 11 is 0. The van der Waals surface area contributed by atoms with E-state index in [1.807, 2.05) is 0 Å². The monoisotopic (exact) mass is 343 g/mol. The number of halogens is 1. The van der Waals surface area contributed by atoms with Crippen LogP contribution in [0.5, 0.6) is 0 Å². The first-order valence-corrected chi connectivity index (χ1v) is 8.92. The molecule has 0 saturated carbocycles. The van der Waals surface area contributed by atoms with Crippen LogP contribution in [0.15, 0.2) is 24.3 Å². The van der Waals surface area contributed by atoms with Crippen molar-refractivity contribution in [3.63, 3.8) is 0 Å². The molecule has 126 valence electrons. The molecule has 1 fully saturated rings. The average Bonchev–Trinajstić information content (AvgIpc) is 2.80. The fraction of sp³-hybridized carbons (Fsp3) is 0.429. The average molecular weight is 343 g/mol. The van der Waals surface area contributed by atoms with E-state index in [1.54, 1.807) is 6.07 Å². The van der Waals surface area contributed by atoms with Gasteiger partial charge in [0.15, 0.2) is 9.84 Å². The first kappa shape index (κ1) is 17.2. The molecule has 23 heavy (non-hydrogen) atoms. The molecule has 1 aliphatic heterocycles. The summed E-state index contributed by atoms with van der Waals surface area (Å²) in [5, 5.41) is 7.28. The summed E-state index contributed by atoms with van der Waals surface area (Å²) in [6, 6.07) is 3.68. The van der Waals surface area contributed by atoms with Gasteiger partial charge in [0.25, 0.3) is 0 Å². The number of benzene rings is 1. The highest BCUT2D eigenvalue weighted by Crippen LogP contribution is 2.13. The zero-order chi connectivity index (χ0) is 17.0. The van der Waals surface area contributed by atoms with Crippen molar-refractivity contribution in [1.29, 1.82) is 0 Å². The summed E-state index contributed by atoms with van der Waals surface area (Å²) in [6.45, 7) is 1.45. The van der Waals surface area contributed by atoms with Crippen molar-refractivity contribution in [2.45, 2.75) is 25.4 Å². The van der Waals surface area contributed by atoms with Gasteiger partial charge in [-0.15, -0.1) is 0 Å². The molecule has 3 amide bonds. The molecule has 7 nitrogen and oxygen atoms in total. The predicted molar refractivity (Wildman–Crippen MR) is 83.2 cm³/mol. The van der Waals surface area contributed by atoms with Gasteiger partial charge < -0.3 is 16.0 Å². The summed E-state index contributed by atoms with van der Waals surface area (Å²) in [6.07, 6.45) is 0.353. The number of carbonyl (C=O) groups is 2. The van der Waals surface area contributed by atoms with E-state index in [4.69, 9.17) is 0 Å². The molecular weight excluding hydrogens is 325 g/mol. The molecule has 3 N–H and O–H groups in total. The number of sulfone groups is 1. The third-order valence-corrected chi connectivity index (χ3v) is 5.21.